The summed E-state index contributed by atoms with van der Waals surface area (Å²) in [6.45, 7) is 0. The fraction of sp³-hybridized carbons (Fsp3) is 0.381. The predicted octanol–water partition coefficient (Wildman–Crippen LogP) is 3.00. The molecule has 1 saturated heterocycles. The fourth-order valence-electron chi connectivity index (χ4n) is 3.92. The van der Waals surface area contributed by atoms with Gasteiger partial charge in [-0.25, -0.2) is 8.42 Å². The lowest BCUT2D eigenvalue weighted by atomic mass is 9.89. The summed E-state index contributed by atoms with van der Waals surface area (Å²) >= 11 is 0. The van der Waals surface area contributed by atoms with E-state index in [0.717, 1.165) is 24.0 Å². The standard InChI is InChI=1S/C21H23NO3S/c23-21(22(18-11-12-18)19-13-14-26(24,25)15-19)20(16-7-3-1-4-8-16)17-9-5-2-6-10-17/h1-10,18-20H,11-15H2/t19-/m0/s1. The lowest BCUT2D eigenvalue weighted by Crippen LogP contribution is -2.45. The highest BCUT2D eigenvalue weighted by atomic mass is 32.2. The van der Waals surface area contributed by atoms with Gasteiger partial charge in [-0.1, -0.05) is 60.7 Å². The Hall–Kier alpha value is -2.14. The summed E-state index contributed by atoms with van der Waals surface area (Å²) in [5, 5.41) is 0. The third-order valence-corrected chi connectivity index (χ3v) is 7.06. The van der Waals surface area contributed by atoms with Gasteiger partial charge in [-0.2, -0.15) is 0 Å². The second kappa shape index (κ2) is 6.88. The summed E-state index contributed by atoms with van der Waals surface area (Å²) in [5.74, 6) is -0.0607. The average Bonchev–Trinajstić information content (AvgIpc) is 3.40. The summed E-state index contributed by atoms with van der Waals surface area (Å²) < 4.78 is 24.0. The highest BCUT2D eigenvalue weighted by Crippen LogP contribution is 2.37. The van der Waals surface area contributed by atoms with Crippen molar-refractivity contribution in [3.63, 3.8) is 0 Å². The van der Waals surface area contributed by atoms with Crippen molar-refractivity contribution >= 4 is 15.7 Å². The molecule has 0 bridgehead atoms. The minimum atomic E-state index is -3.03. The number of nitrogens with zero attached hydrogens (tertiary/aromatic N) is 1. The first-order valence-corrected chi connectivity index (χ1v) is 11.0. The second-order valence-electron chi connectivity index (χ2n) is 7.29. The Morgan fingerprint density at radius 2 is 1.38 bits per heavy atom. The normalized spacial score (nSPS) is 21.7. The van der Waals surface area contributed by atoms with Crippen LogP contribution >= 0.6 is 0 Å². The van der Waals surface area contributed by atoms with Gasteiger partial charge in [-0.15, -0.1) is 0 Å². The van der Waals surface area contributed by atoms with Gasteiger partial charge < -0.3 is 4.90 Å². The lowest BCUT2D eigenvalue weighted by molar-refractivity contribution is -0.134. The molecule has 1 heterocycles. The van der Waals surface area contributed by atoms with Crippen LogP contribution in [0.15, 0.2) is 60.7 Å². The number of amides is 1. The molecule has 1 amide bonds. The van der Waals surface area contributed by atoms with Crippen molar-refractivity contribution in [1.29, 1.82) is 0 Å². The molecule has 1 atom stereocenters. The monoisotopic (exact) mass is 369 g/mol. The van der Waals surface area contributed by atoms with Crippen molar-refractivity contribution in [3.8, 4) is 0 Å². The third-order valence-electron chi connectivity index (χ3n) is 5.31. The molecule has 1 aliphatic carbocycles. The Labute approximate surface area is 154 Å². The highest BCUT2D eigenvalue weighted by molar-refractivity contribution is 7.91. The van der Waals surface area contributed by atoms with Crippen LogP contribution in [0.1, 0.15) is 36.3 Å². The molecule has 5 heteroatoms. The number of carbonyl (C=O) groups is 1. The van der Waals surface area contributed by atoms with E-state index in [0.29, 0.717) is 6.42 Å². The van der Waals surface area contributed by atoms with Crippen molar-refractivity contribution in [3.05, 3.63) is 71.8 Å². The topological polar surface area (TPSA) is 54.5 Å². The number of hydrogen-bond donors (Lipinski definition) is 0. The van der Waals surface area contributed by atoms with Crippen LogP contribution in [0.3, 0.4) is 0 Å². The Bertz CT molecular complexity index is 836. The molecule has 1 aliphatic heterocycles. The van der Waals surface area contributed by atoms with Crippen molar-refractivity contribution in [2.24, 2.45) is 0 Å². The third kappa shape index (κ3) is 3.54. The average molecular weight is 369 g/mol. The molecule has 4 rings (SSSR count). The maximum atomic E-state index is 13.7. The maximum Gasteiger partial charge on any atom is 0.235 e. The summed E-state index contributed by atoms with van der Waals surface area (Å²) in [6.07, 6.45) is 2.50. The number of carbonyl (C=O) groups excluding carboxylic acids is 1. The molecule has 26 heavy (non-hydrogen) atoms. The van der Waals surface area contributed by atoms with E-state index in [2.05, 4.69) is 0 Å². The van der Waals surface area contributed by atoms with Crippen LogP contribution in [0.4, 0.5) is 0 Å². The van der Waals surface area contributed by atoms with E-state index < -0.39 is 9.84 Å². The minimum Gasteiger partial charge on any atom is -0.335 e. The quantitative estimate of drug-likeness (QED) is 0.814. The Morgan fingerprint density at radius 3 is 1.81 bits per heavy atom. The Balaban J connectivity index is 1.71. The molecular formula is C21H23NO3S. The zero-order valence-corrected chi connectivity index (χ0v) is 15.4. The summed E-state index contributed by atoms with van der Waals surface area (Å²) in [6, 6.07) is 19.6. The largest absolute Gasteiger partial charge is 0.335 e. The summed E-state index contributed by atoms with van der Waals surface area (Å²) in [5.41, 5.74) is 1.91. The van der Waals surface area contributed by atoms with Crippen LogP contribution < -0.4 is 0 Å². The molecule has 0 spiro atoms. The first-order valence-electron chi connectivity index (χ1n) is 9.18. The Morgan fingerprint density at radius 1 is 0.846 bits per heavy atom. The van der Waals surface area contributed by atoms with Gasteiger partial charge in [0, 0.05) is 12.1 Å². The van der Waals surface area contributed by atoms with Gasteiger partial charge in [0.15, 0.2) is 9.84 Å². The number of hydrogen-bond acceptors (Lipinski definition) is 3. The van der Waals surface area contributed by atoms with E-state index in [-0.39, 0.29) is 35.4 Å². The van der Waals surface area contributed by atoms with Gasteiger partial charge in [-0.05, 0) is 30.4 Å². The molecule has 0 unspecified atom stereocenters. The second-order valence-corrected chi connectivity index (χ2v) is 9.52. The molecule has 2 aliphatic rings. The maximum absolute atomic E-state index is 13.7. The zero-order chi connectivity index (χ0) is 18.1. The van der Waals surface area contributed by atoms with Crippen LogP contribution in [0.2, 0.25) is 0 Å². The van der Waals surface area contributed by atoms with Crippen LogP contribution in [-0.2, 0) is 14.6 Å². The van der Waals surface area contributed by atoms with Gasteiger partial charge in [0.25, 0.3) is 0 Å². The molecule has 0 aromatic heterocycles. The molecule has 2 aromatic carbocycles. The van der Waals surface area contributed by atoms with E-state index in [4.69, 9.17) is 0 Å². The van der Waals surface area contributed by atoms with Crippen molar-refractivity contribution in [2.45, 2.75) is 37.3 Å². The fourth-order valence-corrected chi connectivity index (χ4v) is 5.63. The summed E-state index contributed by atoms with van der Waals surface area (Å²) in [7, 11) is -3.03. The van der Waals surface area contributed by atoms with Gasteiger partial charge in [0.1, 0.15) is 0 Å². The van der Waals surface area contributed by atoms with Crippen LogP contribution in [0.5, 0.6) is 0 Å². The molecule has 2 aromatic rings. The van der Waals surface area contributed by atoms with Crippen molar-refractivity contribution in [1.82, 2.24) is 4.90 Å². The molecule has 4 nitrogen and oxygen atoms in total. The van der Waals surface area contributed by atoms with E-state index in [9.17, 15) is 13.2 Å². The van der Waals surface area contributed by atoms with E-state index >= 15 is 0 Å². The predicted molar refractivity (Wildman–Crippen MR) is 102 cm³/mol. The first kappa shape index (κ1) is 17.3. The van der Waals surface area contributed by atoms with Crippen molar-refractivity contribution in [2.75, 3.05) is 11.5 Å². The lowest BCUT2D eigenvalue weighted by Gasteiger charge is -2.32. The molecule has 136 valence electrons. The van der Waals surface area contributed by atoms with E-state index in [1.165, 1.54) is 0 Å². The zero-order valence-electron chi connectivity index (χ0n) is 14.6. The van der Waals surface area contributed by atoms with Crippen LogP contribution in [0, 0.1) is 0 Å². The summed E-state index contributed by atoms with van der Waals surface area (Å²) in [4.78, 5) is 15.6. The smallest absolute Gasteiger partial charge is 0.235 e. The number of rotatable bonds is 5. The first-order chi connectivity index (χ1) is 12.6. The van der Waals surface area contributed by atoms with Gasteiger partial charge in [-0.3, -0.25) is 4.79 Å². The SMILES string of the molecule is O=C(C(c1ccccc1)c1ccccc1)N(C1CC1)[C@H]1CCS(=O)(=O)C1. The van der Waals surface area contributed by atoms with Crippen molar-refractivity contribution < 1.29 is 13.2 Å². The number of benzene rings is 2. The van der Waals surface area contributed by atoms with E-state index in [1.807, 2.05) is 65.6 Å². The van der Waals surface area contributed by atoms with Crippen LogP contribution in [-0.4, -0.2) is 42.8 Å². The molecule has 0 radical (unpaired) electrons. The number of sulfone groups is 1. The molecule has 1 saturated carbocycles. The highest BCUT2D eigenvalue weighted by Gasteiger charge is 2.44. The molecule has 0 N–H and O–H groups in total. The minimum absolute atomic E-state index is 0.0343. The Kier molecular flexibility index (Phi) is 4.57. The van der Waals surface area contributed by atoms with Gasteiger partial charge >= 0.3 is 0 Å². The van der Waals surface area contributed by atoms with Gasteiger partial charge in [0.2, 0.25) is 5.91 Å². The molecule has 2 fully saturated rings. The van der Waals surface area contributed by atoms with Gasteiger partial charge in [0.05, 0.1) is 17.4 Å². The van der Waals surface area contributed by atoms with Crippen LogP contribution in [0.25, 0.3) is 0 Å². The van der Waals surface area contributed by atoms with E-state index in [1.54, 1.807) is 0 Å². The molecular weight excluding hydrogens is 346 g/mol.